The molecular formula is C15H23NO. The molecule has 0 heterocycles. The largest absolute Gasteiger partial charge is 0.352 e. The average molecular weight is 233 g/mol. The fourth-order valence-corrected chi connectivity index (χ4v) is 4.81. The number of rotatable bonds is 3. The Morgan fingerprint density at radius 2 is 1.65 bits per heavy atom. The van der Waals surface area contributed by atoms with Crippen LogP contribution in [0.3, 0.4) is 0 Å². The molecule has 2 heteroatoms. The van der Waals surface area contributed by atoms with Gasteiger partial charge in [-0.25, -0.2) is 0 Å². The summed E-state index contributed by atoms with van der Waals surface area (Å²) in [5, 5.41) is 3.10. The Morgan fingerprint density at radius 1 is 1.18 bits per heavy atom. The summed E-state index contributed by atoms with van der Waals surface area (Å²) in [4.78, 5) is 12.4. The lowest BCUT2D eigenvalue weighted by Gasteiger charge is -2.55. The number of carbonyl (C=O) groups is 1. The maximum atomic E-state index is 12.4. The zero-order valence-corrected chi connectivity index (χ0v) is 10.8. The normalized spacial score (nSPS) is 42.5. The summed E-state index contributed by atoms with van der Waals surface area (Å²) in [5.41, 5.74) is 1.05. The van der Waals surface area contributed by atoms with Crippen LogP contribution in [0.4, 0.5) is 0 Å². The molecule has 1 amide bonds. The minimum atomic E-state index is 0.00417. The highest BCUT2D eigenvalue weighted by Crippen LogP contribution is 2.60. The summed E-state index contributed by atoms with van der Waals surface area (Å²) >= 11 is 0. The number of hydrogen-bond donors (Lipinski definition) is 1. The molecule has 0 aliphatic heterocycles. The molecule has 4 saturated carbocycles. The second-order valence-corrected chi connectivity index (χ2v) is 6.84. The van der Waals surface area contributed by atoms with Gasteiger partial charge < -0.3 is 5.32 Å². The van der Waals surface area contributed by atoms with Crippen LogP contribution in [-0.4, -0.2) is 12.5 Å². The first-order valence-electron chi connectivity index (χ1n) is 7.00. The molecule has 17 heavy (non-hydrogen) atoms. The highest BCUT2D eigenvalue weighted by atomic mass is 16.2. The van der Waals surface area contributed by atoms with Gasteiger partial charge in [0.2, 0.25) is 5.91 Å². The van der Waals surface area contributed by atoms with Gasteiger partial charge in [-0.05, 0) is 63.2 Å². The molecule has 0 spiro atoms. The lowest BCUT2D eigenvalue weighted by molar-refractivity contribution is -0.146. The first-order valence-corrected chi connectivity index (χ1v) is 7.00. The SMILES string of the molecule is C=C(C)CNC(=O)C12CC3CC(CC(C3)C1)C2. The summed E-state index contributed by atoms with van der Waals surface area (Å²) in [6.45, 7) is 6.48. The van der Waals surface area contributed by atoms with Crippen molar-refractivity contribution in [3.05, 3.63) is 12.2 Å². The Balaban J connectivity index is 1.73. The minimum Gasteiger partial charge on any atom is -0.352 e. The van der Waals surface area contributed by atoms with Crippen molar-refractivity contribution in [3.63, 3.8) is 0 Å². The fourth-order valence-electron chi connectivity index (χ4n) is 4.81. The summed E-state index contributed by atoms with van der Waals surface area (Å²) in [5.74, 6) is 2.85. The van der Waals surface area contributed by atoms with Gasteiger partial charge in [-0.2, -0.15) is 0 Å². The number of nitrogens with one attached hydrogen (secondary N) is 1. The lowest BCUT2D eigenvalue weighted by atomic mass is 9.49. The van der Waals surface area contributed by atoms with Gasteiger partial charge in [0.1, 0.15) is 0 Å². The molecule has 4 bridgehead atoms. The van der Waals surface area contributed by atoms with Crippen LogP contribution in [0.25, 0.3) is 0 Å². The van der Waals surface area contributed by atoms with Crippen molar-refractivity contribution in [1.82, 2.24) is 5.32 Å². The molecule has 1 N–H and O–H groups in total. The molecule has 0 aromatic heterocycles. The van der Waals surface area contributed by atoms with Gasteiger partial charge in [-0.1, -0.05) is 12.2 Å². The zero-order chi connectivity index (χ0) is 12.0. The van der Waals surface area contributed by atoms with Crippen molar-refractivity contribution in [2.45, 2.75) is 45.4 Å². The van der Waals surface area contributed by atoms with Gasteiger partial charge in [-0.3, -0.25) is 4.79 Å². The summed E-state index contributed by atoms with van der Waals surface area (Å²) in [6.07, 6.45) is 7.65. The van der Waals surface area contributed by atoms with Gasteiger partial charge in [0.15, 0.2) is 0 Å². The van der Waals surface area contributed by atoms with E-state index in [2.05, 4.69) is 11.9 Å². The molecule has 4 aliphatic carbocycles. The van der Waals surface area contributed by atoms with Crippen LogP contribution in [0.15, 0.2) is 12.2 Å². The van der Waals surface area contributed by atoms with Crippen molar-refractivity contribution < 1.29 is 4.79 Å². The number of hydrogen-bond acceptors (Lipinski definition) is 1. The van der Waals surface area contributed by atoms with Crippen molar-refractivity contribution in [2.24, 2.45) is 23.2 Å². The van der Waals surface area contributed by atoms with E-state index in [1.165, 1.54) is 19.3 Å². The van der Waals surface area contributed by atoms with Gasteiger partial charge in [0, 0.05) is 12.0 Å². The van der Waals surface area contributed by atoms with Crippen LogP contribution >= 0.6 is 0 Å². The van der Waals surface area contributed by atoms with Gasteiger partial charge in [0.05, 0.1) is 0 Å². The van der Waals surface area contributed by atoms with Crippen molar-refractivity contribution in [3.8, 4) is 0 Å². The first-order chi connectivity index (χ1) is 8.07. The van der Waals surface area contributed by atoms with Crippen LogP contribution in [0, 0.1) is 23.2 Å². The standard InChI is InChI=1S/C15H23NO/c1-10(2)9-16-14(17)15-6-11-3-12(7-15)5-13(4-11)8-15/h11-13H,1,3-9H2,2H3,(H,16,17). The molecule has 4 rings (SSSR count). The van der Waals surface area contributed by atoms with Crippen LogP contribution < -0.4 is 5.32 Å². The van der Waals surface area contributed by atoms with E-state index in [0.29, 0.717) is 12.5 Å². The van der Waals surface area contributed by atoms with E-state index in [0.717, 1.165) is 42.6 Å². The van der Waals surface area contributed by atoms with E-state index in [-0.39, 0.29) is 5.41 Å². The van der Waals surface area contributed by atoms with Gasteiger partial charge >= 0.3 is 0 Å². The third-order valence-corrected chi connectivity index (χ3v) is 5.07. The second-order valence-electron chi connectivity index (χ2n) is 6.84. The van der Waals surface area contributed by atoms with Crippen LogP contribution in [-0.2, 0) is 4.79 Å². The molecule has 2 nitrogen and oxygen atoms in total. The first kappa shape index (κ1) is 11.3. The van der Waals surface area contributed by atoms with E-state index < -0.39 is 0 Å². The second kappa shape index (κ2) is 3.86. The maximum absolute atomic E-state index is 12.4. The predicted molar refractivity (Wildman–Crippen MR) is 68.4 cm³/mol. The Hall–Kier alpha value is -0.790. The van der Waals surface area contributed by atoms with E-state index in [1.54, 1.807) is 0 Å². The van der Waals surface area contributed by atoms with Crippen LogP contribution in [0.2, 0.25) is 0 Å². The van der Waals surface area contributed by atoms with Crippen LogP contribution in [0.5, 0.6) is 0 Å². The summed E-state index contributed by atoms with van der Waals surface area (Å²) < 4.78 is 0. The average Bonchev–Trinajstić information content (AvgIpc) is 2.23. The van der Waals surface area contributed by atoms with Crippen LogP contribution in [0.1, 0.15) is 45.4 Å². The number of carbonyl (C=O) groups excluding carboxylic acids is 1. The Labute approximate surface area is 104 Å². The number of amides is 1. The maximum Gasteiger partial charge on any atom is 0.226 e. The molecule has 4 aliphatic rings. The molecule has 0 aromatic carbocycles. The molecule has 0 atom stereocenters. The molecule has 0 unspecified atom stereocenters. The molecule has 0 aromatic rings. The predicted octanol–water partition coefficient (Wildman–Crippen LogP) is 2.90. The molecule has 0 radical (unpaired) electrons. The Bertz CT molecular complexity index is 323. The van der Waals surface area contributed by atoms with E-state index in [1.807, 2.05) is 6.92 Å². The van der Waals surface area contributed by atoms with E-state index >= 15 is 0 Å². The molecule has 94 valence electrons. The minimum absolute atomic E-state index is 0.00417. The lowest BCUT2D eigenvalue weighted by Crippen LogP contribution is -2.53. The highest BCUT2D eigenvalue weighted by molar-refractivity contribution is 5.83. The molecular weight excluding hydrogens is 210 g/mol. The quantitative estimate of drug-likeness (QED) is 0.746. The molecule has 0 saturated heterocycles. The van der Waals surface area contributed by atoms with Crippen molar-refractivity contribution >= 4 is 5.91 Å². The third-order valence-electron chi connectivity index (χ3n) is 5.07. The van der Waals surface area contributed by atoms with E-state index in [4.69, 9.17) is 0 Å². The topological polar surface area (TPSA) is 29.1 Å². The molecule has 4 fully saturated rings. The smallest absolute Gasteiger partial charge is 0.226 e. The monoisotopic (exact) mass is 233 g/mol. The van der Waals surface area contributed by atoms with Gasteiger partial charge in [0.25, 0.3) is 0 Å². The van der Waals surface area contributed by atoms with E-state index in [9.17, 15) is 4.79 Å². The van der Waals surface area contributed by atoms with Crippen molar-refractivity contribution in [2.75, 3.05) is 6.54 Å². The highest BCUT2D eigenvalue weighted by Gasteiger charge is 2.54. The summed E-state index contributed by atoms with van der Waals surface area (Å²) in [6, 6.07) is 0. The Morgan fingerprint density at radius 3 is 2.06 bits per heavy atom. The Kier molecular flexibility index (Phi) is 2.57. The van der Waals surface area contributed by atoms with Gasteiger partial charge in [-0.15, -0.1) is 0 Å². The summed E-state index contributed by atoms with van der Waals surface area (Å²) in [7, 11) is 0. The van der Waals surface area contributed by atoms with Crippen molar-refractivity contribution in [1.29, 1.82) is 0 Å². The third kappa shape index (κ3) is 1.92. The zero-order valence-electron chi connectivity index (χ0n) is 10.8. The fraction of sp³-hybridized carbons (Fsp3) is 0.800.